The maximum atomic E-state index is 5.16. The minimum Gasteiger partial charge on any atom is -0.316 e. The number of hydrogen-bond acceptors (Lipinski definition) is 1. The number of fused-ring (bicyclic) bond motifs is 5. The van der Waals surface area contributed by atoms with Crippen LogP contribution in [0.1, 0.15) is 22.3 Å². The van der Waals surface area contributed by atoms with Gasteiger partial charge in [0.1, 0.15) is 0 Å². The minimum atomic E-state index is -0.444. The second-order valence-electron chi connectivity index (χ2n) is 12.0. The molecule has 2 heteroatoms. The average Bonchev–Trinajstić information content (AvgIpc) is 3.71. The fraction of sp³-hybridized carbons (Fsp3) is 0.0227. The molecule has 0 amide bonds. The van der Waals surface area contributed by atoms with Crippen molar-refractivity contribution >= 4 is 10.9 Å². The Labute approximate surface area is 268 Å². The zero-order chi connectivity index (χ0) is 30.5. The summed E-state index contributed by atoms with van der Waals surface area (Å²) in [5, 5.41) is 1.21. The van der Waals surface area contributed by atoms with Gasteiger partial charge < -0.3 is 4.57 Å². The molecule has 0 unspecified atom stereocenters. The van der Waals surface area contributed by atoms with Crippen LogP contribution in [0.3, 0.4) is 0 Å². The first-order chi connectivity index (χ1) is 22.8. The van der Waals surface area contributed by atoms with Crippen LogP contribution in [-0.2, 0) is 5.41 Å². The summed E-state index contributed by atoms with van der Waals surface area (Å²) in [7, 11) is 0. The van der Waals surface area contributed by atoms with Gasteiger partial charge in [0.2, 0.25) is 0 Å². The Morgan fingerprint density at radius 1 is 0.457 bits per heavy atom. The first-order valence-electron chi connectivity index (χ1n) is 15.8. The van der Waals surface area contributed by atoms with Crippen molar-refractivity contribution in [2.45, 2.75) is 5.41 Å². The highest BCUT2D eigenvalue weighted by Gasteiger charge is 2.46. The van der Waals surface area contributed by atoms with Crippen LogP contribution in [0.15, 0.2) is 182 Å². The van der Waals surface area contributed by atoms with E-state index in [2.05, 4.69) is 187 Å². The van der Waals surface area contributed by atoms with Crippen LogP contribution < -0.4 is 0 Å². The van der Waals surface area contributed by atoms with Gasteiger partial charge in [0.25, 0.3) is 0 Å². The van der Waals surface area contributed by atoms with Crippen molar-refractivity contribution in [2.75, 3.05) is 0 Å². The van der Waals surface area contributed by atoms with Crippen molar-refractivity contribution in [1.29, 1.82) is 0 Å². The number of pyridine rings is 1. The molecule has 0 spiro atoms. The first kappa shape index (κ1) is 26.4. The molecule has 2 nitrogen and oxygen atoms in total. The molecule has 8 aromatic rings. The summed E-state index contributed by atoms with van der Waals surface area (Å²) in [5.41, 5.74) is 13.7. The lowest BCUT2D eigenvalue weighted by atomic mass is 9.67. The predicted molar refractivity (Wildman–Crippen MR) is 189 cm³/mol. The molecule has 2 aromatic heterocycles. The van der Waals surface area contributed by atoms with Gasteiger partial charge in [-0.25, -0.2) is 4.98 Å². The van der Waals surface area contributed by atoms with Crippen LogP contribution in [0.4, 0.5) is 0 Å². The van der Waals surface area contributed by atoms with Gasteiger partial charge in [0, 0.05) is 34.0 Å². The molecule has 0 aliphatic heterocycles. The molecule has 6 aromatic carbocycles. The van der Waals surface area contributed by atoms with Gasteiger partial charge in [-0.1, -0.05) is 158 Å². The smallest absolute Gasteiger partial charge is 0.0730 e. The number of hydrogen-bond donors (Lipinski definition) is 0. The first-order valence-corrected chi connectivity index (χ1v) is 15.8. The Balaban J connectivity index is 1.37. The molecule has 0 N–H and O–H groups in total. The van der Waals surface area contributed by atoms with Crippen molar-refractivity contribution in [1.82, 2.24) is 9.55 Å². The summed E-state index contributed by atoms with van der Waals surface area (Å²) in [6, 6.07) is 63.3. The standard InChI is InChI=1S/C44H30N2/c1-5-15-31(16-6-1)40-29-36(30-41(45-40)32-17-7-2-8-18-32)46-28-27-33-25-26-39-42(43(33)46)37-23-13-14-24-38(37)44(39,34-19-9-3-10-20-34)35-21-11-4-12-22-35/h1-30H. The van der Waals surface area contributed by atoms with E-state index in [4.69, 9.17) is 4.98 Å². The van der Waals surface area contributed by atoms with E-state index in [9.17, 15) is 0 Å². The summed E-state index contributed by atoms with van der Waals surface area (Å²) in [6.45, 7) is 0. The fourth-order valence-electron chi connectivity index (χ4n) is 7.54. The normalized spacial score (nSPS) is 13.0. The maximum Gasteiger partial charge on any atom is 0.0730 e. The van der Waals surface area contributed by atoms with Gasteiger partial charge in [-0.05, 0) is 46.0 Å². The molecule has 0 radical (unpaired) electrons. The lowest BCUT2D eigenvalue weighted by Gasteiger charge is -2.33. The number of benzene rings is 6. The van der Waals surface area contributed by atoms with Crippen LogP contribution in [-0.4, -0.2) is 9.55 Å². The van der Waals surface area contributed by atoms with E-state index in [1.807, 2.05) is 0 Å². The minimum absolute atomic E-state index is 0.444. The maximum absolute atomic E-state index is 5.16. The summed E-state index contributed by atoms with van der Waals surface area (Å²) < 4.78 is 2.37. The molecule has 0 saturated heterocycles. The third-order valence-electron chi connectivity index (χ3n) is 9.50. The van der Waals surface area contributed by atoms with Crippen molar-refractivity contribution in [3.63, 3.8) is 0 Å². The molecule has 1 aliphatic rings. The molecule has 0 bridgehead atoms. The number of nitrogens with zero attached hydrogens (tertiary/aromatic N) is 2. The Kier molecular flexibility index (Phi) is 6.07. The summed E-state index contributed by atoms with van der Waals surface area (Å²) in [5.74, 6) is 0. The van der Waals surface area contributed by atoms with Crippen LogP contribution in [0.5, 0.6) is 0 Å². The number of aromatic nitrogens is 2. The average molecular weight is 587 g/mol. The largest absolute Gasteiger partial charge is 0.316 e. The molecule has 216 valence electrons. The highest BCUT2D eigenvalue weighted by Crippen LogP contribution is 2.57. The molecule has 0 saturated carbocycles. The third-order valence-corrected chi connectivity index (χ3v) is 9.50. The van der Waals surface area contributed by atoms with Crippen LogP contribution in [0.2, 0.25) is 0 Å². The van der Waals surface area contributed by atoms with Gasteiger partial charge in [-0.2, -0.15) is 0 Å². The number of rotatable bonds is 5. The molecular formula is C44H30N2. The SMILES string of the molecule is c1ccc(-c2cc(-n3ccc4ccc5c(c43)-c3ccccc3C5(c3ccccc3)c3ccccc3)cc(-c3ccccc3)n2)cc1. The molecule has 0 atom stereocenters. The second-order valence-corrected chi connectivity index (χ2v) is 12.0. The lowest BCUT2D eigenvalue weighted by molar-refractivity contribution is 0.769. The molecular weight excluding hydrogens is 556 g/mol. The zero-order valence-corrected chi connectivity index (χ0v) is 25.2. The van der Waals surface area contributed by atoms with E-state index in [-0.39, 0.29) is 0 Å². The van der Waals surface area contributed by atoms with E-state index in [0.717, 1.165) is 28.2 Å². The Morgan fingerprint density at radius 2 is 0.978 bits per heavy atom. The highest BCUT2D eigenvalue weighted by atomic mass is 15.0. The molecule has 9 rings (SSSR count). The Morgan fingerprint density at radius 3 is 1.57 bits per heavy atom. The van der Waals surface area contributed by atoms with Crippen molar-refractivity contribution in [3.05, 3.63) is 204 Å². The summed E-state index contributed by atoms with van der Waals surface area (Å²) in [6.07, 6.45) is 2.22. The van der Waals surface area contributed by atoms with E-state index < -0.39 is 5.41 Å². The fourth-order valence-corrected chi connectivity index (χ4v) is 7.54. The predicted octanol–water partition coefficient (Wildman–Crippen LogP) is 10.7. The third kappa shape index (κ3) is 3.94. The van der Waals surface area contributed by atoms with Crippen LogP contribution in [0, 0.1) is 0 Å². The summed E-state index contributed by atoms with van der Waals surface area (Å²) >= 11 is 0. The molecule has 0 fully saturated rings. The topological polar surface area (TPSA) is 17.8 Å². The Hall–Kier alpha value is -5.99. The molecule has 46 heavy (non-hydrogen) atoms. The second kappa shape index (κ2) is 10.6. The van der Waals surface area contributed by atoms with Gasteiger partial charge >= 0.3 is 0 Å². The van der Waals surface area contributed by atoms with E-state index in [0.29, 0.717) is 0 Å². The van der Waals surface area contributed by atoms with Crippen molar-refractivity contribution in [2.24, 2.45) is 0 Å². The van der Waals surface area contributed by atoms with E-state index in [1.165, 1.54) is 44.3 Å². The zero-order valence-electron chi connectivity index (χ0n) is 25.2. The van der Waals surface area contributed by atoms with Crippen molar-refractivity contribution in [3.8, 4) is 39.3 Å². The Bertz CT molecular complexity index is 2240. The monoisotopic (exact) mass is 586 g/mol. The van der Waals surface area contributed by atoms with Gasteiger partial charge in [-0.3, -0.25) is 0 Å². The van der Waals surface area contributed by atoms with Gasteiger partial charge in [-0.15, -0.1) is 0 Å². The van der Waals surface area contributed by atoms with E-state index >= 15 is 0 Å². The van der Waals surface area contributed by atoms with Gasteiger partial charge in [0.15, 0.2) is 0 Å². The molecule has 1 aliphatic carbocycles. The highest BCUT2D eigenvalue weighted by molar-refractivity contribution is 6.03. The van der Waals surface area contributed by atoms with Crippen LogP contribution in [0.25, 0.3) is 50.2 Å². The van der Waals surface area contributed by atoms with Crippen molar-refractivity contribution < 1.29 is 0 Å². The van der Waals surface area contributed by atoms with Gasteiger partial charge in [0.05, 0.1) is 22.3 Å². The quantitative estimate of drug-likeness (QED) is 0.196. The van der Waals surface area contributed by atoms with Crippen LogP contribution >= 0.6 is 0 Å². The molecule has 2 heterocycles. The summed E-state index contributed by atoms with van der Waals surface area (Å²) in [4.78, 5) is 5.16. The lowest BCUT2D eigenvalue weighted by Crippen LogP contribution is -2.28. The van der Waals surface area contributed by atoms with E-state index in [1.54, 1.807) is 0 Å².